The monoisotopic (exact) mass is 371 g/mol. The van der Waals surface area contributed by atoms with Gasteiger partial charge in [-0.2, -0.15) is 0 Å². The van der Waals surface area contributed by atoms with Gasteiger partial charge in [0.1, 0.15) is 6.04 Å². The van der Waals surface area contributed by atoms with Crippen LogP contribution in [0.4, 0.5) is 0 Å². The van der Waals surface area contributed by atoms with Gasteiger partial charge in [0.15, 0.2) is 0 Å². The third kappa shape index (κ3) is 5.71. The van der Waals surface area contributed by atoms with Crippen molar-refractivity contribution in [2.45, 2.75) is 36.6 Å². The largest absolute Gasteiger partial charge is 0.480 e. The summed E-state index contributed by atoms with van der Waals surface area (Å²) < 4.78 is 1.01. The highest BCUT2D eigenvalue weighted by Gasteiger charge is 2.29. The zero-order chi connectivity index (χ0) is 15.2. The Labute approximate surface area is 136 Å². The van der Waals surface area contributed by atoms with E-state index in [4.69, 9.17) is 5.11 Å². The first-order valence-electron chi connectivity index (χ1n) is 6.95. The van der Waals surface area contributed by atoms with E-state index in [0.717, 1.165) is 22.2 Å². The Morgan fingerprint density at radius 1 is 1.38 bits per heavy atom. The number of hydrogen-bond donors (Lipinski definition) is 2. The number of thioether (sulfide) groups is 1. The van der Waals surface area contributed by atoms with Gasteiger partial charge in [-0.25, -0.2) is 4.79 Å². The summed E-state index contributed by atoms with van der Waals surface area (Å²) >= 11 is 5.04. The number of benzene rings is 1. The zero-order valence-electron chi connectivity index (χ0n) is 11.5. The summed E-state index contributed by atoms with van der Waals surface area (Å²) in [5.41, 5.74) is 0. The molecule has 114 valence electrons. The van der Waals surface area contributed by atoms with Crippen molar-refractivity contribution in [3.8, 4) is 0 Å². The third-order valence-corrected chi connectivity index (χ3v) is 5.35. The molecule has 0 heterocycles. The van der Waals surface area contributed by atoms with Crippen molar-refractivity contribution in [2.75, 3.05) is 5.75 Å². The van der Waals surface area contributed by atoms with Crippen LogP contribution in [0.2, 0.25) is 0 Å². The second-order valence-electron chi connectivity index (χ2n) is 5.17. The molecule has 4 nitrogen and oxygen atoms in total. The zero-order valence-corrected chi connectivity index (χ0v) is 14.0. The molecule has 1 aromatic rings. The Hall–Kier alpha value is -1.01. The van der Waals surface area contributed by atoms with Crippen LogP contribution in [0, 0.1) is 5.92 Å². The van der Waals surface area contributed by atoms with Crippen molar-refractivity contribution in [3.05, 3.63) is 28.7 Å². The third-order valence-electron chi connectivity index (χ3n) is 3.32. The van der Waals surface area contributed by atoms with E-state index in [1.165, 1.54) is 0 Å². The van der Waals surface area contributed by atoms with Gasteiger partial charge in [0.05, 0.1) is 0 Å². The van der Waals surface area contributed by atoms with Gasteiger partial charge in [0.25, 0.3) is 0 Å². The van der Waals surface area contributed by atoms with Gasteiger partial charge in [0.2, 0.25) is 5.91 Å². The van der Waals surface area contributed by atoms with Crippen molar-refractivity contribution < 1.29 is 14.7 Å². The maximum atomic E-state index is 11.8. The highest BCUT2D eigenvalue weighted by molar-refractivity contribution is 9.10. The number of carboxylic acid groups (broad SMARTS) is 1. The van der Waals surface area contributed by atoms with E-state index < -0.39 is 12.0 Å². The van der Waals surface area contributed by atoms with Crippen LogP contribution in [0.25, 0.3) is 0 Å². The van der Waals surface area contributed by atoms with Crippen molar-refractivity contribution in [2.24, 2.45) is 5.92 Å². The number of carbonyl (C=O) groups excluding carboxylic acids is 1. The fraction of sp³-hybridized carbons (Fsp3) is 0.467. The molecule has 0 aromatic heterocycles. The van der Waals surface area contributed by atoms with Crippen molar-refractivity contribution >= 4 is 39.6 Å². The topological polar surface area (TPSA) is 66.4 Å². The Bertz CT molecular complexity index is 519. The van der Waals surface area contributed by atoms with Crippen LogP contribution in [-0.2, 0) is 9.59 Å². The number of amides is 1. The SMILES string of the molecule is O=C(CCSc1ccccc1Br)NC(CC1CC1)C(=O)O. The van der Waals surface area contributed by atoms with Crippen LogP contribution in [0.1, 0.15) is 25.7 Å². The lowest BCUT2D eigenvalue weighted by Gasteiger charge is -2.14. The normalized spacial score (nSPS) is 15.5. The van der Waals surface area contributed by atoms with E-state index in [1.807, 2.05) is 24.3 Å². The number of carbonyl (C=O) groups is 2. The van der Waals surface area contributed by atoms with E-state index in [9.17, 15) is 9.59 Å². The summed E-state index contributed by atoms with van der Waals surface area (Å²) in [6.45, 7) is 0. The molecule has 1 amide bonds. The number of aliphatic carboxylic acids is 1. The molecule has 0 radical (unpaired) electrons. The summed E-state index contributed by atoms with van der Waals surface area (Å²) in [6.07, 6.45) is 3.04. The molecule has 21 heavy (non-hydrogen) atoms. The molecule has 1 aliphatic rings. The van der Waals surface area contributed by atoms with Crippen LogP contribution in [0.3, 0.4) is 0 Å². The minimum Gasteiger partial charge on any atom is -0.480 e. The number of nitrogens with one attached hydrogen (secondary N) is 1. The molecular formula is C15H18BrNO3S. The fourth-order valence-electron chi connectivity index (χ4n) is 1.99. The van der Waals surface area contributed by atoms with Gasteiger partial charge in [-0.1, -0.05) is 25.0 Å². The first-order chi connectivity index (χ1) is 10.1. The average Bonchev–Trinajstić information content (AvgIpc) is 3.24. The van der Waals surface area contributed by atoms with Gasteiger partial charge in [0, 0.05) is 21.5 Å². The van der Waals surface area contributed by atoms with E-state index in [1.54, 1.807) is 11.8 Å². The first-order valence-corrected chi connectivity index (χ1v) is 8.73. The van der Waals surface area contributed by atoms with Crippen molar-refractivity contribution in [1.82, 2.24) is 5.32 Å². The van der Waals surface area contributed by atoms with E-state index in [-0.39, 0.29) is 5.91 Å². The number of carboxylic acids is 1. The van der Waals surface area contributed by atoms with Crippen LogP contribution in [0.5, 0.6) is 0 Å². The van der Waals surface area contributed by atoms with Crippen LogP contribution in [0.15, 0.2) is 33.6 Å². The lowest BCUT2D eigenvalue weighted by molar-refractivity contribution is -0.142. The molecule has 6 heteroatoms. The molecule has 1 atom stereocenters. The standard InChI is InChI=1S/C15H18BrNO3S/c16-11-3-1-2-4-13(11)21-8-7-14(18)17-12(15(19)20)9-10-5-6-10/h1-4,10,12H,5-9H2,(H,17,18)(H,19,20). The van der Waals surface area contributed by atoms with Gasteiger partial charge in [-0.3, -0.25) is 4.79 Å². The number of rotatable bonds is 8. The molecule has 2 N–H and O–H groups in total. The number of hydrogen-bond acceptors (Lipinski definition) is 3. The number of halogens is 1. The van der Waals surface area contributed by atoms with Gasteiger partial charge < -0.3 is 10.4 Å². The Morgan fingerprint density at radius 3 is 2.71 bits per heavy atom. The van der Waals surface area contributed by atoms with Crippen LogP contribution in [-0.4, -0.2) is 28.8 Å². The summed E-state index contributed by atoms with van der Waals surface area (Å²) in [4.78, 5) is 24.0. The highest BCUT2D eigenvalue weighted by atomic mass is 79.9. The lowest BCUT2D eigenvalue weighted by atomic mass is 10.1. The summed E-state index contributed by atoms with van der Waals surface area (Å²) in [5, 5.41) is 11.7. The smallest absolute Gasteiger partial charge is 0.326 e. The highest BCUT2D eigenvalue weighted by Crippen LogP contribution is 2.33. The summed E-state index contributed by atoms with van der Waals surface area (Å²) in [5.74, 6) is -0.0260. The van der Waals surface area contributed by atoms with Crippen LogP contribution >= 0.6 is 27.7 Å². The van der Waals surface area contributed by atoms with Gasteiger partial charge in [-0.05, 0) is 40.4 Å². The molecule has 0 saturated heterocycles. The minimum absolute atomic E-state index is 0.192. The van der Waals surface area contributed by atoms with Gasteiger partial charge in [-0.15, -0.1) is 11.8 Å². The molecule has 1 fully saturated rings. The first kappa shape index (κ1) is 16.4. The molecule has 1 unspecified atom stereocenters. The molecule has 0 spiro atoms. The predicted octanol–water partition coefficient (Wildman–Crippen LogP) is 3.30. The predicted molar refractivity (Wildman–Crippen MR) is 86.4 cm³/mol. The maximum absolute atomic E-state index is 11.8. The quantitative estimate of drug-likeness (QED) is 0.688. The fourth-order valence-corrected chi connectivity index (χ4v) is 3.51. The maximum Gasteiger partial charge on any atom is 0.326 e. The Morgan fingerprint density at radius 2 is 2.10 bits per heavy atom. The second-order valence-corrected chi connectivity index (χ2v) is 7.16. The Balaban J connectivity index is 1.73. The lowest BCUT2D eigenvalue weighted by Crippen LogP contribution is -2.41. The molecule has 0 aliphatic heterocycles. The summed E-state index contributed by atoms with van der Waals surface area (Å²) in [7, 11) is 0. The van der Waals surface area contributed by atoms with E-state index in [0.29, 0.717) is 24.5 Å². The molecule has 1 aliphatic carbocycles. The minimum atomic E-state index is -0.936. The van der Waals surface area contributed by atoms with Crippen molar-refractivity contribution in [3.63, 3.8) is 0 Å². The van der Waals surface area contributed by atoms with Crippen LogP contribution < -0.4 is 5.32 Å². The molecule has 2 rings (SSSR count). The van der Waals surface area contributed by atoms with Gasteiger partial charge >= 0.3 is 5.97 Å². The Kier molecular flexibility index (Phi) is 6.11. The average molecular weight is 372 g/mol. The van der Waals surface area contributed by atoms with E-state index >= 15 is 0 Å². The van der Waals surface area contributed by atoms with E-state index in [2.05, 4.69) is 21.2 Å². The molecule has 1 aromatic carbocycles. The summed E-state index contributed by atoms with van der Waals surface area (Å²) in [6, 6.07) is 7.09. The molecule has 1 saturated carbocycles. The van der Waals surface area contributed by atoms with Crippen molar-refractivity contribution in [1.29, 1.82) is 0 Å². The second kappa shape index (κ2) is 7.84. The molecular weight excluding hydrogens is 354 g/mol. The molecule has 0 bridgehead atoms.